The Morgan fingerprint density at radius 2 is 2.03 bits per heavy atom. The van der Waals surface area contributed by atoms with Crippen molar-refractivity contribution in [2.45, 2.75) is 39.2 Å². The van der Waals surface area contributed by atoms with Crippen LogP contribution >= 0.6 is 0 Å². The van der Waals surface area contributed by atoms with E-state index in [1.165, 1.54) is 6.20 Å². The molecule has 1 fully saturated rings. The Kier molecular flexibility index (Phi) is 5.66. The highest BCUT2D eigenvalue weighted by Gasteiger charge is 2.38. The number of carbonyl (C=O) groups excluding carboxylic acids is 1. The van der Waals surface area contributed by atoms with E-state index in [9.17, 15) is 14.7 Å². The first-order valence-corrected chi connectivity index (χ1v) is 11.7. The van der Waals surface area contributed by atoms with Crippen LogP contribution in [0.3, 0.4) is 0 Å². The topological polar surface area (TPSA) is 125 Å². The van der Waals surface area contributed by atoms with Crippen molar-refractivity contribution in [3.8, 4) is 11.1 Å². The SMILES string of the molecule is CCC(=O)N1CC(N(C(=O)O)c2cc3cc(-c4cnc5c(c4C)NCCC5)c(F)c(N)c3cn2)C1. The Hall–Kier alpha value is -3.95. The predicted octanol–water partition coefficient (Wildman–Crippen LogP) is 3.79. The number of aromatic nitrogens is 2. The highest BCUT2D eigenvalue weighted by molar-refractivity contribution is 6.00. The number of nitrogens with zero attached hydrogens (tertiary/aromatic N) is 4. The van der Waals surface area contributed by atoms with Crippen LogP contribution in [0.2, 0.25) is 0 Å². The molecule has 10 heteroatoms. The van der Waals surface area contributed by atoms with Gasteiger partial charge in [0.2, 0.25) is 5.91 Å². The molecule has 4 heterocycles. The molecule has 5 rings (SSSR count). The lowest BCUT2D eigenvalue weighted by Gasteiger charge is -2.43. The number of nitrogen functional groups attached to an aromatic ring is 1. The van der Waals surface area contributed by atoms with Gasteiger partial charge in [-0.3, -0.25) is 14.7 Å². The normalized spacial score (nSPS) is 15.3. The molecule has 182 valence electrons. The fraction of sp³-hybridized carbons (Fsp3) is 0.360. The van der Waals surface area contributed by atoms with Crippen LogP contribution in [0.4, 0.5) is 26.4 Å². The highest BCUT2D eigenvalue weighted by Crippen LogP contribution is 2.38. The Morgan fingerprint density at radius 3 is 2.74 bits per heavy atom. The van der Waals surface area contributed by atoms with Crippen molar-refractivity contribution in [1.82, 2.24) is 14.9 Å². The average molecular weight is 479 g/mol. The van der Waals surface area contributed by atoms with Gasteiger partial charge in [0.05, 0.1) is 23.1 Å². The summed E-state index contributed by atoms with van der Waals surface area (Å²) in [6, 6.07) is 2.87. The van der Waals surface area contributed by atoms with E-state index in [0.717, 1.165) is 41.2 Å². The Bertz CT molecular complexity index is 1360. The first kappa shape index (κ1) is 22.8. The summed E-state index contributed by atoms with van der Waals surface area (Å²) in [5.41, 5.74) is 9.84. The molecule has 0 saturated carbocycles. The van der Waals surface area contributed by atoms with Crippen molar-refractivity contribution >= 4 is 40.0 Å². The van der Waals surface area contributed by atoms with Gasteiger partial charge in [-0.15, -0.1) is 0 Å². The van der Waals surface area contributed by atoms with Gasteiger partial charge in [-0.2, -0.15) is 0 Å². The number of carbonyl (C=O) groups is 2. The van der Waals surface area contributed by atoms with E-state index in [4.69, 9.17) is 5.73 Å². The van der Waals surface area contributed by atoms with Crippen molar-refractivity contribution < 1.29 is 19.1 Å². The van der Waals surface area contributed by atoms with Gasteiger partial charge in [-0.1, -0.05) is 6.92 Å². The molecule has 1 aromatic carbocycles. The second-order valence-corrected chi connectivity index (χ2v) is 9.02. The molecule has 0 unspecified atom stereocenters. The summed E-state index contributed by atoms with van der Waals surface area (Å²) in [4.78, 5) is 35.6. The molecular formula is C25H27FN6O3. The van der Waals surface area contributed by atoms with Crippen LogP contribution in [0, 0.1) is 12.7 Å². The summed E-state index contributed by atoms with van der Waals surface area (Å²) < 4.78 is 15.4. The molecular weight excluding hydrogens is 451 g/mol. The van der Waals surface area contributed by atoms with Gasteiger partial charge < -0.3 is 21.1 Å². The number of hydrogen-bond donors (Lipinski definition) is 3. The number of carboxylic acid groups (broad SMARTS) is 1. The van der Waals surface area contributed by atoms with Crippen LogP contribution in [0.25, 0.3) is 21.9 Å². The Morgan fingerprint density at radius 1 is 1.26 bits per heavy atom. The molecule has 3 aromatic rings. The Labute approximate surface area is 201 Å². The number of nitrogens with two attached hydrogens (primary N) is 1. The third-order valence-electron chi connectivity index (χ3n) is 6.92. The fourth-order valence-electron chi connectivity index (χ4n) is 4.92. The Balaban J connectivity index is 1.56. The number of amides is 2. The lowest BCUT2D eigenvalue weighted by molar-refractivity contribution is -0.135. The monoisotopic (exact) mass is 478 g/mol. The number of halogens is 1. The number of aryl methyl sites for hydroxylation is 1. The van der Waals surface area contributed by atoms with Gasteiger partial charge >= 0.3 is 6.09 Å². The van der Waals surface area contributed by atoms with E-state index < -0.39 is 18.0 Å². The quantitative estimate of drug-likeness (QED) is 0.487. The second kappa shape index (κ2) is 8.68. The van der Waals surface area contributed by atoms with E-state index in [2.05, 4.69) is 15.3 Å². The van der Waals surface area contributed by atoms with Crippen molar-refractivity contribution in [1.29, 1.82) is 0 Å². The standard InChI is InChI=1S/C25H27FN6O3/c1-3-21(33)31-11-15(12-31)32(25(34)35)20-8-14-7-16(22(26)23(27)18(14)10-30-20)17-9-29-19-5-4-6-28-24(19)13(17)2/h7-10,15,28H,3-6,11-12,27H2,1-2H3,(H,34,35). The van der Waals surface area contributed by atoms with Gasteiger partial charge in [0, 0.05) is 55.0 Å². The lowest BCUT2D eigenvalue weighted by Crippen LogP contribution is -2.62. The van der Waals surface area contributed by atoms with Gasteiger partial charge in [-0.05, 0) is 42.8 Å². The number of pyridine rings is 2. The molecule has 0 radical (unpaired) electrons. The molecule has 2 amide bonds. The number of nitrogens with one attached hydrogen (secondary N) is 1. The molecule has 35 heavy (non-hydrogen) atoms. The van der Waals surface area contributed by atoms with Gasteiger partial charge in [0.25, 0.3) is 0 Å². The number of fused-ring (bicyclic) bond motifs is 2. The van der Waals surface area contributed by atoms with E-state index in [-0.39, 0.29) is 17.4 Å². The van der Waals surface area contributed by atoms with Crippen molar-refractivity contribution in [3.05, 3.63) is 41.6 Å². The minimum Gasteiger partial charge on any atom is -0.465 e. The van der Waals surface area contributed by atoms with Crippen molar-refractivity contribution in [2.75, 3.05) is 35.6 Å². The minimum absolute atomic E-state index is 0.0190. The number of anilines is 3. The smallest absolute Gasteiger partial charge is 0.413 e. The molecule has 0 aliphatic carbocycles. The van der Waals surface area contributed by atoms with Crippen LogP contribution in [0.5, 0.6) is 0 Å². The average Bonchev–Trinajstić information content (AvgIpc) is 2.83. The maximum absolute atomic E-state index is 15.4. The third-order valence-corrected chi connectivity index (χ3v) is 6.92. The predicted molar refractivity (Wildman–Crippen MR) is 132 cm³/mol. The maximum atomic E-state index is 15.4. The third kappa shape index (κ3) is 3.78. The van der Waals surface area contributed by atoms with Gasteiger partial charge in [0.1, 0.15) is 5.82 Å². The number of likely N-dealkylation sites (tertiary alicyclic amines) is 1. The molecule has 4 N–H and O–H groups in total. The summed E-state index contributed by atoms with van der Waals surface area (Å²) in [6.07, 6.45) is 4.14. The number of rotatable bonds is 4. The second-order valence-electron chi connectivity index (χ2n) is 9.02. The van der Waals surface area contributed by atoms with Gasteiger partial charge in [0.15, 0.2) is 5.82 Å². The molecule has 9 nitrogen and oxygen atoms in total. The summed E-state index contributed by atoms with van der Waals surface area (Å²) in [5.74, 6) is -0.373. The van der Waals surface area contributed by atoms with Gasteiger partial charge in [-0.25, -0.2) is 14.2 Å². The first-order chi connectivity index (χ1) is 16.8. The van der Waals surface area contributed by atoms with Crippen LogP contribution in [-0.2, 0) is 11.2 Å². The largest absolute Gasteiger partial charge is 0.465 e. The zero-order chi connectivity index (χ0) is 24.9. The summed E-state index contributed by atoms with van der Waals surface area (Å²) in [5, 5.41) is 14.2. The lowest BCUT2D eigenvalue weighted by atomic mass is 9.95. The molecule has 0 spiro atoms. The zero-order valence-electron chi connectivity index (χ0n) is 19.6. The molecule has 2 aliphatic rings. The maximum Gasteiger partial charge on any atom is 0.413 e. The number of benzene rings is 1. The van der Waals surface area contributed by atoms with Crippen LogP contribution in [0.15, 0.2) is 24.5 Å². The van der Waals surface area contributed by atoms with Crippen LogP contribution in [-0.4, -0.2) is 57.7 Å². The molecule has 2 aromatic heterocycles. The first-order valence-electron chi connectivity index (χ1n) is 11.7. The fourth-order valence-corrected chi connectivity index (χ4v) is 4.92. The van der Waals surface area contributed by atoms with E-state index in [1.54, 1.807) is 30.2 Å². The van der Waals surface area contributed by atoms with Crippen molar-refractivity contribution in [2.24, 2.45) is 0 Å². The van der Waals surface area contributed by atoms with Crippen molar-refractivity contribution in [3.63, 3.8) is 0 Å². The van der Waals surface area contributed by atoms with Crippen LogP contribution in [0.1, 0.15) is 31.0 Å². The summed E-state index contributed by atoms with van der Waals surface area (Å²) in [7, 11) is 0. The van der Waals surface area contributed by atoms with Crippen LogP contribution < -0.4 is 16.0 Å². The minimum atomic E-state index is -1.17. The van der Waals surface area contributed by atoms with E-state index in [0.29, 0.717) is 41.4 Å². The molecule has 2 aliphatic heterocycles. The van der Waals surface area contributed by atoms with E-state index >= 15 is 4.39 Å². The number of hydrogen-bond acceptors (Lipinski definition) is 6. The molecule has 1 saturated heterocycles. The molecule has 0 bridgehead atoms. The summed E-state index contributed by atoms with van der Waals surface area (Å²) >= 11 is 0. The highest BCUT2D eigenvalue weighted by atomic mass is 19.1. The van der Waals surface area contributed by atoms with E-state index in [1.807, 2.05) is 6.92 Å². The summed E-state index contributed by atoms with van der Waals surface area (Å²) in [6.45, 7) is 5.15. The molecule has 0 atom stereocenters. The zero-order valence-corrected chi connectivity index (χ0v) is 19.6.